The van der Waals surface area contributed by atoms with Crippen LogP contribution >= 0.6 is 46.7 Å². The van der Waals surface area contributed by atoms with E-state index < -0.39 is 113 Å². The molecule has 2 aromatic rings. The normalized spacial score (nSPS) is 13.0. The van der Waals surface area contributed by atoms with E-state index in [0.717, 1.165) is 10.0 Å². The van der Waals surface area contributed by atoms with Gasteiger partial charge in [0.1, 0.15) is 40.0 Å². The third-order valence-corrected chi connectivity index (χ3v) is 15.6. The zero-order valence-corrected chi connectivity index (χ0v) is 74.2. The summed E-state index contributed by atoms with van der Waals surface area (Å²) in [5.74, 6) is -9.01. The molecule has 11 N–H and O–H groups in total. The minimum atomic E-state index is -1.12. The number of hydrogen-bond acceptors (Lipinski definition) is 38. The number of nitrogens with one attached hydrogen (secondary N) is 5. The molecule has 0 unspecified atom stereocenters. The number of nitrogens with zero attached hydrogens (tertiary/aromatic N) is 2. The topological polar surface area (TPSA) is 548 Å². The summed E-state index contributed by atoms with van der Waals surface area (Å²) in [7, 11) is 27.4. The van der Waals surface area contributed by atoms with Gasteiger partial charge in [0.2, 0.25) is 0 Å². The number of hydrogen-bond donors (Lipinski definition) is 9. The Morgan fingerprint density at radius 2 is 0.634 bits per heavy atom. The number of carboxylic acid groups (broad SMARTS) is 2. The van der Waals surface area contributed by atoms with Gasteiger partial charge < -0.3 is 125 Å². The number of carbonyl (C=O) groups excluding carboxylic acids is 11. The number of ether oxygens (including phenoxy) is 16. The molecular formula is C68H129IKN9O31S2. The van der Waals surface area contributed by atoms with Crippen LogP contribution in [-0.4, -0.2) is 347 Å². The molecule has 2 aromatic heterocycles. The molecule has 2 heterocycles. The maximum absolute atomic E-state index is 12.4. The number of aromatic nitrogens is 2. The second kappa shape index (κ2) is 79.7. The summed E-state index contributed by atoms with van der Waals surface area (Å²) >= 11 is 2.43. The van der Waals surface area contributed by atoms with Gasteiger partial charge in [0.15, 0.2) is 23.1 Å². The third-order valence-electron chi connectivity index (χ3n) is 13.8. The first kappa shape index (κ1) is 125. The Labute approximate surface area is 728 Å². The van der Waals surface area contributed by atoms with Crippen molar-refractivity contribution in [2.45, 2.75) is 96.7 Å². The molecule has 0 radical (unpaired) electrons. The molecule has 0 aromatic carbocycles. The SMILES string of the molecule is C.C.CN[C@@H](COC)C(=O)C[C@@H](COC)C(=O)OC.CN[C@@H](COC)C(=O)O.CN[C@@H](COC)C(=O)OC.COC[C@H](CC(=O)[C@@H](N)COC)C(=O)OC.COC[C@H](CC(=O)[C@H](COC)NC(=O)c1cnc(C)s1)C(=O)O.COC[C@H](CC(=O)[C@H](COC)NC(=O)c1cnc(C)s1)C(=O)OC.COC[C@H](N)C(=O)OC.I.[H-].[HH].[K+]. The number of aryl methyl sites for hydroxylation is 2. The summed E-state index contributed by atoms with van der Waals surface area (Å²) in [5, 5.41) is 32.3. The van der Waals surface area contributed by atoms with Crippen molar-refractivity contribution in [1.82, 2.24) is 36.6 Å². The molecule has 11 atom stereocenters. The van der Waals surface area contributed by atoms with E-state index in [1.54, 1.807) is 35.0 Å². The van der Waals surface area contributed by atoms with Crippen molar-refractivity contribution in [1.29, 1.82) is 0 Å². The molecule has 0 saturated heterocycles. The fraction of sp³-hybridized carbons (Fsp3) is 0.721. The second-order valence-electron chi connectivity index (χ2n) is 22.0. The van der Waals surface area contributed by atoms with E-state index in [2.05, 4.69) is 69.7 Å². The number of esters is 5. The van der Waals surface area contributed by atoms with Crippen molar-refractivity contribution >= 4 is 123 Å². The number of methoxy groups -OCH3 is 16. The average Bonchev–Trinajstić information content (AvgIpc) is 1.64. The predicted octanol–water partition coefficient (Wildman–Crippen LogP) is -2.85. The van der Waals surface area contributed by atoms with Crippen molar-refractivity contribution in [2.75, 3.05) is 208 Å². The Morgan fingerprint density at radius 1 is 0.375 bits per heavy atom. The fourth-order valence-corrected chi connectivity index (χ4v) is 9.42. The van der Waals surface area contributed by atoms with E-state index in [-0.39, 0.29) is 214 Å². The van der Waals surface area contributed by atoms with Gasteiger partial charge in [-0.15, -0.1) is 46.7 Å². The Balaban J connectivity index is -0.000000123. The zero-order valence-electron chi connectivity index (χ0n) is 68.1. The molecule has 0 aliphatic rings. The van der Waals surface area contributed by atoms with Gasteiger partial charge in [0.05, 0.1) is 166 Å². The number of likely N-dealkylation sites (N-methyl/N-ethyl adjacent to an activating group) is 3. The minimum absolute atomic E-state index is 0. The molecule has 112 heavy (non-hydrogen) atoms. The number of thiazole rings is 2. The van der Waals surface area contributed by atoms with Crippen LogP contribution in [0.3, 0.4) is 0 Å². The second-order valence-corrected chi connectivity index (χ2v) is 24.5. The monoisotopic (exact) mass is 1800 g/mol. The van der Waals surface area contributed by atoms with E-state index in [4.69, 9.17) is 64.3 Å². The number of carbonyl (C=O) groups is 13. The maximum atomic E-state index is 12.4. The minimum Gasteiger partial charge on any atom is -1.00 e. The summed E-state index contributed by atoms with van der Waals surface area (Å²) in [5.41, 5.74) is 10.8. The fourth-order valence-electron chi connectivity index (χ4n) is 8.06. The summed E-state index contributed by atoms with van der Waals surface area (Å²) in [6.07, 6.45) is 2.59. The number of halogens is 1. The largest absolute Gasteiger partial charge is 1.00 e. The van der Waals surface area contributed by atoms with Crippen LogP contribution in [0.5, 0.6) is 0 Å². The van der Waals surface area contributed by atoms with E-state index in [1.165, 1.54) is 149 Å². The van der Waals surface area contributed by atoms with Crippen molar-refractivity contribution in [2.24, 2.45) is 35.1 Å². The van der Waals surface area contributed by atoms with Crippen molar-refractivity contribution in [3.05, 3.63) is 32.2 Å². The quantitative estimate of drug-likeness (QED) is 0.0139. The number of amides is 2. The maximum Gasteiger partial charge on any atom is 1.00 e. The van der Waals surface area contributed by atoms with E-state index in [0.29, 0.717) is 16.4 Å². The molecule has 0 saturated carbocycles. The predicted molar refractivity (Wildman–Crippen MR) is 421 cm³/mol. The molecule has 0 spiro atoms. The van der Waals surface area contributed by atoms with Crippen LogP contribution in [0.2, 0.25) is 0 Å². The van der Waals surface area contributed by atoms with E-state index in [1.807, 2.05) is 0 Å². The molecule has 2 amide bonds. The summed E-state index contributed by atoms with van der Waals surface area (Å²) in [4.78, 5) is 158. The van der Waals surface area contributed by atoms with Gasteiger partial charge in [-0.2, -0.15) is 0 Å². The molecule has 0 fully saturated rings. The number of rotatable bonds is 48. The van der Waals surface area contributed by atoms with Crippen LogP contribution in [0.1, 0.15) is 72.7 Å². The summed E-state index contributed by atoms with van der Waals surface area (Å²) < 4.78 is 75.7. The first-order valence-electron chi connectivity index (χ1n) is 32.5. The van der Waals surface area contributed by atoms with Gasteiger partial charge in [0.25, 0.3) is 11.8 Å². The van der Waals surface area contributed by atoms with Gasteiger partial charge in [-0.05, 0) is 35.0 Å². The first-order chi connectivity index (χ1) is 51.2. The zero-order chi connectivity index (χ0) is 83.9. The number of ketones is 4. The van der Waals surface area contributed by atoms with Crippen LogP contribution in [0.15, 0.2) is 12.4 Å². The van der Waals surface area contributed by atoms with Gasteiger partial charge in [0, 0.05) is 105 Å². The van der Waals surface area contributed by atoms with Crippen LogP contribution in [0, 0.1) is 37.5 Å². The number of aliphatic carboxylic acids is 2. The standard InChI is InChI=1S/C15H22N2O6S.C14H20N2O6S.C11H21NO5.C10H19NO5.C6H13NO3.2C5H11NO3.2CH4.HI.K.H2.H/c1-9-16-6-13(24-9)14(19)17-11(8-22-3)12(18)5-10(7-21-2)15(20)23-4;1-8-15-5-12(23-8)13(18)16-10(7-22-3)11(17)4-9(6-21-2)14(19)20;1-12-9(7-16-3)10(13)5-8(6-15-2)11(14)17-4;1-14-5-7(10(13)16-3)4-9(12)8(11)6-15-2;1-7-5(4-9-2)6(8)10-3;1-8-3-4(6)5(7)9-2;1-6-4(3-9-2)5(7)8;;;;;;/h6,10-11H,5,7-8H2,1-4H3,(H,17,19);5,9-10H,4,6-7H2,1-3H3,(H,16,18)(H,19,20);8-9,12H,5-7H2,1-4H3;7-8H,4-6,11H2,1-3H3;5,7H,4H2,1-3H3;4H,3,6H2,1-2H3;4,6H,3H2,1-2H3,(H,7,8);2*1H4;1H;;1H;/q;;;;;;;;;;+1;;-1/t10-,11-;9-,10-;8-,9-;7-,8-;5-;2*4-;;;;;;/m0000000....../s1. The van der Waals surface area contributed by atoms with E-state index in [9.17, 15) is 62.3 Å². The molecule has 0 bridgehead atoms. The van der Waals surface area contributed by atoms with Crippen LogP contribution in [0.4, 0.5) is 0 Å². The average molecular weight is 1800 g/mol. The number of Topliss-reactive ketones (excluding diaryl/α,β-unsaturated/α-hetero) is 4. The summed E-state index contributed by atoms with van der Waals surface area (Å²) in [6, 6.07) is -4.51. The smallest absolute Gasteiger partial charge is 1.00 e. The van der Waals surface area contributed by atoms with Gasteiger partial charge in [-0.3, -0.25) is 62.3 Å². The van der Waals surface area contributed by atoms with Gasteiger partial charge in [-0.1, -0.05) is 14.9 Å². The van der Waals surface area contributed by atoms with Crippen molar-refractivity contribution in [3.63, 3.8) is 0 Å². The molecule has 0 aliphatic carbocycles. The molecule has 652 valence electrons. The summed E-state index contributed by atoms with van der Waals surface area (Å²) in [6.45, 7) is 4.94. The molecule has 0 aliphatic heterocycles. The molecule has 40 nitrogen and oxygen atoms in total. The third kappa shape index (κ3) is 59.5. The molecular weight excluding hydrogens is 1670 g/mol. The molecule has 2 rings (SSSR count). The Kier molecular flexibility index (Phi) is 89.0. The van der Waals surface area contributed by atoms with Gasteiger partial charge in [-0.25, -0.2) is 9.97 Å². The number of nitrogens with two attached hydrogens (primary N) is 2. The number of carboxylic acids is 2. The van der Waals surface area contributed by atoms with Gasteiger partial charge >= 0.3 is 93.2 Å². The Morgan fingerprint density at radius 3 is 0.893 bits per heavy atom. The Bertz CT molecular complexity index is 2890. The Hall–Kier alpha value is -5.10. The van der Waals surface area contributed by atoms with E-state index >= 15 is 0 Å². The van der Waals surface area contributed by atoms with Crippen LogP contribution < -0.4 is 89.4 Å². The van der Waals surface area contributed by atoms with Crippen LogP contribution in [-0.2, 0) is 129 Å². The van der Waals surface area contributed by atoms with Crippen LogP contribution in [0.25, 0.3) is 0 Å². The van der Waals surface area contributed by atoms with Crippen molar-refractivity contribution in [3.8, 4) is 0 Å². The first-order valence-corrected chi connectivity index (χ1v) is 34.1. The van der Waals surface area contributed by atoms with Crippen molar-refractivity contribution < 1.29 is 203 Å². The molecule has 44 heteroatoms.